The average Bonchev–Trinajstić information content (AvgIpc) is 3.34. The first kappa shape index (κ1) is 23.1. The van der Waals surface area contributed by atoms with Crippen LogP contribution >= 0.6 is 0 Å². The molecular formula is C23H21F3N6O2. The van der Waals surface area contributed by atoms with Crippen LogP contribution in [0.3, 0.4) is 0 Å². The highest BCUT2D eigenvalue weighted by Gasteiger charge is 2.34. The summed E-state index contributed by atoms with van der Waals surface area (Å²) in [5.74, 6) is -0.934. The first-order chi connectivity index (χ1) is 16.0. The molecule has 0 saturated heterocycles. The summed E-state index contributed by atoms with van der Waals surface area (Å²) in [6.07, 6.45) is 1.81. The monoisotopic (exact) mass is 470 g/mol. The molecule has 1 amide bonds. The van der Waals surface area contributed by atoms with E-state index in [-0.39, 0.29) is 28.9 Å². The fourth-order valence-electron chi connectivity index (χ4n) is 3.62. The quantitative estimate of drug-likeness (QED) is 0.422. The van der Waals surface area contributed by atoms with Crippen LogP contribution in [-0.2, 0) is 17.5 Å². The molecule has 0 spiro atoms. The number of halogens is 3. The third-order valence-electron chi connectivity index (χ3n) is 5.28. The minimum atomic E-state index is -4.60. The van der Waals surface area contributed by atoms with Crippen molar-refractivity contribution in [2.75, 3.05) is 5.32 Å². The van der Waals surface area contributed by atoms with Crippen molar-refractivity contribution in [3.05, 3.63) is 71.7 Å². The Morgan fingerprint density at radius 1 is 1.15 bits per heavy atom. The van der Waals surface area contributed by atoms with E-state index in [2.05, 4.69) is 20.4 Å². The number of ketones is 1. The maximum atomic E-state index is 13.2. The van der Waals surface area contributed by atoms with Crippen molar-refractivity contribution in [2.45, 2.75) is 39.5 Å². The maximum Gasteiger partial charge on any atom is 0.435 e. The summed E-state index contributed by atoms with van der Waals surface area (Å²) in [7, 11) is 0. The summed E-state index contributed by atoms with van der Waals surface area (Å²) in [6.45, 7) is 5.02. The smallest absolute Gasteiger partial charge is 0.344 e. The number of hydrogen-bond donors (Lipinski definition) is 1. The molecule has 0 atom stereocenters. The molecule has 4 rings (SSSR count). The van der Waals surface area contributed by atoms with Crippen LogP contribution in [0.1, 0.15) is 47.3 Å². The Bertz CT molecular complexity index is 1390. The summed E-state index contributed by atoms with van der Waals surface area (Å²) in [4.78, 5) is 33.9. The Morgan fingerprint density at radius 2 is 1.91 bits per heavy atom. The van der Waals surface area contributed by atoms with Crippen LogP contribution in [0.25, 0.3) is 10.9 Å². The van der Waals surface area contributed by atoms with Crippen LogP contribution in [0.15, 0.2) is 49.1 Å². The van der Waals surface area contributed by atoms with Gasteiger partial charge in [0.25, 0.3) is 0 Å². The molecular weight excluding hydrogens is 449 g/mol. The largest absolute Gasteiger partial charge is 0.435 e. The molecule has 0 saturated carbocycles. The number of hydrogen-bond acceptors (Lipinski definition) is 5. The number of carbonyl (C=O) groups excluding carboxylic acids is 2. The summed E-state index contributed by atoms with van der Waals surface area (Å²) < 4.78 is 41.5. The molecule has 4 aromatic rings. The predicted molar refractivity (Wildman–Crippen MR) is 118 cm³/mol. The van der Waals surface area contributed by atoms with Crippen molar-refractivity contribution >= 4 is 28.3 Å². The number of anilines is 1. The van der Waals surface area contributed by atoms with E-state index >= 15 is 0 Å². The van der Waals surface area contributed by atoms with Gasteiger partial charge in [0.1, 0.15) is 12.2 Å². The van der Waals surface area contributed by atoms with Crippen LogP contribution in [0.2, 0.25) is 0 Å². The lowest BCUT2D eigenvalue weighted by Gasteiger charge is -2.08. The molecule has 0 unspecified atom stereocenters. The van der Waals surface area contributed by atoms with Crippen LogP contribution in [0, 0.1) is 6.92 Å². The molecule has 8 nitrogen and oxygen atoms in total. The Labute approximate surface area is 192 Å². The summed E-state index contributed by atoms with van der Waals surface area (Å²) in [5, 5.41) is 6.72. The Balaban J connectivity index is 1.55. The van der Waals surface area contributed by atoms with Crippen molar-refractivity contribution in [1.82, 2.24) is 24.3 Å². The zero-order valence-corrected chi connectivity index (χ0v) is 18.6. The summed E-state index contributed by atoms with van der Waals surface area (Å²) in [6, 6.07) is 5.74. The van der Waals surface area contributed by atoms with Gasteiger partial charge in [0.15, 0.2) is 5.69 Å². The Morgan fingerprint density at radius 3 is 2.59 bits per heavy atom. The molecule has 0 aliphatic heterocycles. The first-order valence-corrected chi connectivity index (χ1v) is 10.4. The normalized spacial score (nSPS) is 11.9. The Kier molecular flexibility index (Phi) is 5.94. The number of nitrogens with one attached hydrogen (secondary N) is 1. The van der Waals surface area contributed by atoms with Gasteiger partial charge in [-0.2, -0.15) is 18.3 Å². The van der Waals surface area contributed by atoms with Crippen molar-refractivity contribution in [2.24, 2.45) is 0 Å². The third kappa shape index (κ3) is 4.54. The average molecular weight is 470 g/mol. The topological polar surface area (TPSA) is 94.7 Å². The summed E-state index contributed by atoms with van der Waals surface area (Å²) in [5.41, 5.74) is 0.826. The van der Waals surface area contributed by atoms with E-state index in [0.717, 1.165) is 16.3 Å². The first-order valence-electron chi connectivity index (χ1n) is 10.4. The highest BCUT2D eigenvalue weighted by atomic mass is 19.4. The van der Waals surface area contributed by atoms with Gasteiger partial charge in [-0.15, -0.1) is 0 Å². The van der Waals surface area contributed by atoms with Gasteiger partial charge < -0.3 is 9.88 Å². The second kappa shape index (κ2) is 8.73. The number of rotatable bonds is 6. The number of nitrogens with zero attached hydrogens (tertiary/aromatic N) is 5. The standard InChI is InChI=1S/C23H21F3N6O2/c1-13(2)31-11-17(16-10-27-6-5-19(16)31)22(34)18-9-15(4-7-28-18)29-21(33)12-32-14(3)8-20(30-32)23(24,25)26/h4-11,13H,12H2,1-3H3,(H,28,29,33). The van der Waals surface area contributed by atoms with Gasteiger partial charge in [0, 0.05) is 47.6 Å². The van der Waals surface area contributed by atoms with Gasteiger partial charge in [0.2, 0.25) is 11.7 Å². The number of amides is 1. The van der Waals surface area contributed by atoms with Crippen LogP contribution < -0.4 is 5.32 Å². The predicted octanol–water partition coefficient (Wildman–Crippen LogP) is 4.41. The fraction of sp³-hybridized carbons (Fsp3) is 0.261. The SMILES string of the molecule is Cc1cc(C(F)(F)F)nn1CC(=O)Nc1ccnc(C(=O)c2cn(C(C)C)c3ccncc23)c1. The van der Waals surface area contributed by atoms with Gasteiger partial charge in [-0.3, -0.25) is 24.2 Å². The highest BCUT2D eigenvalue weighted by Crippen LogP contribution is 2.29. The number of alkyl halides is 3. The van der Waals surface area contributed by atoms with Crippen LogP contribution in [0.4, 0.5) is 18.9 Å². The van der Waals surface area contributed by atoms with Crippen LogP contribution in [-0.4, -0.2) is 36.0 Å². The van der Waals surface area contributed by atoms with Crippen LogP contribution in [0.5, 0.6) is 0 Å². The number of pyridine rings is 2. The summed E-state index contributed by atoms with van der Waals surface area (Å²) >= 11 is 0. The van der Waals surface area contributed by atoms with Gasteiger partial charge in [0.05, 0.1) is 11.1 Å². The lowest BCUT2D eigenvalue weighted by molar-refractivity contribution is -0.141. The molecule has 4 heterocycles. The van der Waals surface area contributed by atoms with E-state index < -0.39 is 24.3 Å². The lowest BCUT2D eigenvalue weighted by atomic mass is 10.1. The van der Waals surface area contributed by atoms with E-state index in [4.69, 9.17) is 0 Å². The van der Waals surface area contributed by atoms with Crippen molar-refractivity contribution in [3.63, 3.8) is 0 Å². The molecule has 0 aromatic carbocycles. The van der Waals surface area contributed by atoms with Gasteiger partial charge in [-0.05, 0) is 45.0 Å². The zero-order chi connectivity index (χ0) is 24.6. The molecule has 0 aliphatic rings. The van der Waals surface area contributed by atoms with Crippen molar-refractivity contribution < 1.29 is 22.8 Å². The molecule has 176 valence electrons. The number of carbonyl (C=O) groups is 2. The second-order valence-electron chi connectivity index (χ2n) is 8.07. The molecule has 34 heavy (non-hydrogen) atoms. The van der Waals surface area contributed by atoms with E-state index in [1.807, 2.05) is 24.5 Å². The van der Waals surface area contributed by atoms with Crippen molar-refractivity contribution in [1.29, 1.82) is 0 Å². The lowest BCUT2D eigenvalue weighted by Crippen LogP contribution is -2.21. The van der Waals surface area contributed by atoms with E-state index in [1.165, 1.54) is 25.3 Å². The number of fused-ring (bicyclic) bond motifs is 1. The molecule has 11 heteroatoms. The third-order valence-corrected chi connectivity index (χ3v) is 5.28. The van der Waals surface area contributed by atoms with Gasteiger partial charge in [-0.25, -0.2) is 0 Å². The molecule has 1 N–H and O–H groups in total. The minimum Gasteiger partial charge on any atom is -0.344 e. The molecule has 0 bridgehead atoms. The Hall–Kier alpha value is -4.02. The van der Waals surface area contributed by atoms with E-state index in [1.54, 1.807) is 18.6 Å². The molecule has 0 fully saturated rings. The van der Waals surface area contributed by atoms with E-state index in [0.29, 0.717) is 10.9 Å². The van der Waals surface area contributed by atoms with Gasteiger partial charge >= 0.3 is 6.18 Å². The molecule has 0 radical (unpaired) electrons. The number of aromatic nitrogens is 5. The van der Waals surface area contributed by atoms with Gasteiger partial charge in [-0.1, -0.05) is 0 Å². The highest BCUT2D eigenvalue weighted by molar-refractivity contribution is 6.15. The minimum absolute atomic E-state index is 0.110. The molecule has 4 aromatic heterocycles. The molecule has 0 aliphatic carbocycles. The zero-order valence-electron chi connectivity index (χ0n) is 18.6. The van der Waals surface area contributed by atoms with Crippen molar-refractivity contribution in [3.8, 4) is 0 Å². The van der Waals surface area contributed by atoms with E-state index in [9.17, 15) is 22.8 Å². The fourth-order valence-corrected chi connectivity index (χ4v) is 3.62. The second-order valence-corrected chi connectivity index (χ2v) is 8.07. The maximum absolute atomic E-state index is 13.2. The number of aryl methyl sites for hydroxylation is 1.